The Morgan fingerprint density at radius 2 is 2.00 bits per heavy atom. The number of carbonyl (C=O) groups excluding carboxylic acids is 1. The fourth-order valence-corrected chi connectivity index (χ4v) is 2.39. The highest BCUT2D eigenvalue weighted by molar-refractivity contribution is 6.42. The minimum absolute atomic E-state index is 0.143. The Bertz CT molecular complexity index is 640. The van der Waals surface area contributed by atoms with Gasteiger partial charge in [-0.1, -0.05) is 55.5 Å². The van der Waals surface area contributed by atoms with E-state index in [0.717, 1.165) is 18.4 Å². The van der Waals surface area contributed by atoms with Gasteiger partial charge >= 0.3 is 0 Å². The van der Waals surface area contributed by atoms with Crippen molar-refractivity contribution >= 4 is 29.1 Å². The maximum Gasteiger partial charge on any atom is 0.269 e. The number of aromatic amines is 1. The molecular formula is C16H19Cl2N3O. The summed E-state index contributed by atoms with van der Waals surface area (Å²) in [5.41, 5.74) is 1.92. The van der Waals surface area contributed by atoms with Gasteiger partial charge in [0.15, 0.2) is 0 Å². The van der Waals surface area contributed by atoms with Gasteiger partial charge in [0.05, 0.1) is 15.7 Å². The SMILES string of the molecule is CCCCCCNC(=O)c1cc(-c2ccc(Cl)c(Cl)c2)n[nH]1. The molecule has 0 bridgehead atoms. The van der Waals surface area contributed by atoms with Crippen molar-refractivity contribution in [3.05, 3.63) is 40.0 Å². The van der Waals surface area contributed by atoms with Crippen LogP contribution in [-0.4, -0.2) is 22.6 Å². The van der Waals surface area contributed by atoms with Crippen LogP contribution in [-0.2, 0) is 0 Å². The lowest BCUT2D eigenvalue weighted by atomic mass is 10.1. The number of aromatic nitrogens is 2. The van der Waals surface area contributed by atoms with Gasteiger partial charge in [-0.3, -0.25) is 9.89 Å². The molecule has 0 spiro atoms. The second-order valence-corrected chi connectivity index (χ2v) is 5.93. The van der Waals surface area contributed by atoms with Gasteiger partial charge in [0.2, 0.25) is 0 Å². The molecule has 0 aliphatic heterocycles. The quantitative estimate of drug-likeness (QED) is 0.718. The average molecular weight is 340 g/mol. The summed E-state index contributed by atoms with van der Waals surface area (Å²) in [5.74, 6) is -0.143. The Hall–Kier alpha value is -1.52. The first-order valence-electron chi connectivity index (χ1n) is 7.41. The van der Waals surface area contributed by atoms with Crippen LogP contribution in [0.15, 0.2) is 24.3 Å². The molecule has 0 unspecified atom stereocenters. The van der Waals surface area contributed by atoms with Crippen LogP contribution >= 0.6 is 23.2 Å². The lowest BCUT2D eigenvalue weighted by Gasteiger charge is -2.02. The van der Waals surface area contributed by atoms with E-state index in [2.05, 4.69) is 22.4 Å². The normalized spacial score (nSPS) is 10.7. The van der Waals surface area contributed by atoms with E-state index in [1.165, 1.54) is 12.8 Å². The molecule has 22 heavy (non-hydrogen) atoms. The molecule has 1 heterocycles. The Balaban J connectivity index is 1.95. The Kier molecular flexibility index (Phi) is 6.28. The molecule has 1 aromatic carbocycles. The van der Waals surface area contributed by atoms with Crippen LogP contribution in [0.2, 0.25) is 10.0 Å². The molecule has 6 heteroatoms. The van der Waals surface area contributed by atoms with Crippen LogP contribution in [0.4, 0.5) is 0 Å². The van der Waals surface area contributed by atoms with Crippen LogP contribution in [0, 0.1) is 0 Å². The lowest BCUT2D eigenvalue weighted by molar-refractivity contribution is 0.0948. The number of unbranched alkanes of at least 4 members (excludes halogenated alkanes) is 3. The van der Waals surface area contributed by atoms with Crippen LogP contribution in [0.5, 0.6) is 0 Å². The molecule has 1 aromatic heterocycles. The molecule has 0 atom stereocenters. The van der Waals surface area contributed by atoms with Crippen molar-refractivity contribution in [3.63, 3.8) is 0 Å². The van der Waals surface area contributed by atoms with E-state index in [0.29, 0.717) is 28.0 Å². The average Bonchev–Trinajstić information content (AvgIpc) is 2.99. The molecule has 0 saturated heterocycles. The van der Waals surface area contributed by atoms with E-state index in [1.807, 2.05) is 6.07 Å². The van der Waals surface area contributed by atoms with Crippen molar-refractivity contribution < 1.29 is 4.79 Å². The summed E-state index contributed by atoms with van der Waals surface area (Å²) in [7, 11) is 0. The third-order valence-electron chi connectivity index (χ3n) is 3.35. The maximum atomic E-state index is 12.0. The number of nitrogens with zero attached hydrogens (tertiary/aromatic N) is 1. The van der Waals surface area contributed by atoms with Crippen molar-refractivity contribution in [2.75, 3.05) is 6.54 Å². The molecule has 1 amide bonds. The molecule has 0 radical (unpaired) electrons. The molecule has 2 N–H and O–H groups in total. The molecule has 0 aliphatic carbocycles. The summed E-state index contributed by atoms with van der Waals surface area (Å²) < 4.78 is 0. The number of carbonyl (C=O) groups is 1. The number of rotatable bonds is 7. The predicted octanol–water partition coefficient (Wildman–Crippen LogP) is 4.69. The van der Waals surface area contributed by atoms with Gasteiger partial charge in [0.1, 0.15) is 5.69 Å². The van der Waals surface area contributed by atoms with Gasteiger partial charge in [-0.05, 0) is 24.6 Å². The van der Waals surface area contributed by atoms with Crippen molar-refractivity contribution in [3.8, 4) is 11.3 Å². The van der Waals surface area contributed by atoms with Crippen LogP contribution in [0.25, 0.3) is 11.3 Å². The number of halogens is 2. The Morgan fingerprint density at radius 1 is 1.18 bits per heavy atom. The Labute approximate surface area is 140 Å². The predicted molar refractivity (Wildman–Crippen MR) is 90.5 cm³/mol. The summed E-state index contributed by atoms with van der Waals surface area (Å²) in [6.07, 6.45) is 4.50. The smallest absolute Gasteiger partial charge is 0.269 e. The molecule has 0 fully saturated rings. The monoisotopic (exact) mass is 339 g/mol. The molecule has 0 saturated carbocycles. The van der Waals surface area contributed by atoms with Gasteiger partial charge in [-0.15, -0.1) is 0 Å². The second kappa shape index (κ2) is 8.20. The van der Waals surface area contributed by atoms with E-state index < -0.39 is 0 Å². The van der Waals surface area contributed by atoms with Gasteiger partial charge in [-0.25, -0.2) is 0 Å². The zero-order chi connectivity index (χ0) is 15.9. The number of benzene rings is 1. The summed E-state index contributed by atoms with van der Waals surface area (Å²) in [6, 6.07) is 6.96. The largest absolute Gasteiger partial charge is 0.351 e. The standard InChI is InChI=1S/C16H19Cl2N3O/c1-2-3-4-5-8-19-16(22)15-10-14(20-21-15)11-6-7-12(17)13(18)9-11/h6-7,9-10H,2-5,8H2,1H3,(H,19,22)(H,20,21). The summed E-state index contributed by atoms with van der Waals surface area (Å²) in [4.78, 5) is 12.0. The summed E-state index contributed by atoms with van der Waals surface area (Å²) in [6.45, 7) is 2.84. The summed E-state index contributed by atoms with van der Waals surface area (Å²) in [5, 5.41) is 10.7. The van der Waals surface area contributed by atoms with Gasteiger partial charge in [-0.2, -0.15) is 5.10 Å². The molecule has 118 valence electrons. The van der Waals surface area contributed by atoms with E-state index in [4.69, 9.17) is 23.2 Å². The molecule has 0 aliphatic rings. The van der Waals surface area contributed by atoms with E-state index >= 15 is 0 Å². The van der Waals surface area contributed by atoms with Crippen LogP contribution < -0.4 is 5.32 Å². The first-order chi connectivity index (χ1) is 10.6. The maximum absolute atomic E-state index is 12.0. The highest BCUT2D eigenvalue weighted by Gasteiger charge is 2.11. The lowest BCUT2D eigenvalue weighted by Crippen LogP contribution is -2.24. The van der Waals surface area contributed by atoms with Crippen molar-refractivity contribution in [1.82, 2.24) is 15.5 Å². The zero-order valence-corrected chi connectivity index (χ0v) is 14.0. The number of amides is 1. The first-order valence-corrected chi connectivity index (χ1v) is 8.16. The minimum atomic E-state index is -0.143. The summed E-state index contributed by atoms with van der Waals surface area (Å²) >= 11 is 11.9. The van der Waals surface area contributed by atoms with Crippen molar-refractivity contribution in [1.29, 1.82) is 0 Å². The number of nitrogens with one attached hydrogen (secondary N) is 2. The number of hydrogen-bond acceptors (Lipinski definition) is 2. The molecular weight excluding hydrogens is 321 g/mol. The number of hydrogen-bond donors (Lipinski definition) is 2. The van der Waals surface area contributed by atoms with Gasteiger partial charge < -0.3 is 5.32 Å². The van der Waals surface area contributed by atoms with Crippen LogP contribution in [0.1, 0.15) is 43.1 Å². The van der Waals surface area contributed by atoms with Crippen molar-refractivity contribution in [2.45, 2.75) is 32.6 Å². The van der Waals surface area contributed by atoms with E-state index in [9.17, 15) is 4.79 Å². The van der Waals surface area contributed by atoms with Gasteiger partial charge in [0, 0.05) is 12.1 Å². The topological polar surface area (TPSA) is 57.8 Å². The highest BCUT2D eigenvalue weighted by Crippen LogP contribution is 2.27. The fraction of sp³-hybridized carbons (Fsp3) is 0.375. The minimum Gasteiger partial charge on any atom is -0.351 e. The molecule has 4 nitrogen and oxygen atoms in total. The van der Waals surface area contributed by atoms with E-state index in [-0.39, 0.29) is 5.91 Å². The third-order valence-corrected chi connectivity index (χ3v) is 4.09. The Morgan fingerprint density at radius 3 is 2.73 bits per heavy atom. The van der Waals surface area contributed by atoms with E-state index in [1.54, 1.807) is 18.2 Å². The number of H-pyrrole nitrogens is 1. The highest BCUT2D eigenvalue weighted by atomic mass is 35.5. The molecule has 2 rings (SSSR count). The molecule has 2 aromatic rings. The zero-order valence-electron chi connectivity index (χ0n) is 12.5. The third kappa shape index (κ3) is 4.49. The van der Waals surface area contributed by atoms with Crippen molar-refractivity contribution in [2.24, 2.45) is 0 Å². The first kappa shape index (κ1) is 16.8. The second-order valence-electron chi connectivity index (χ2n) is 5.11. The fourth-order valence-electron chi connectivity index (χ4n) is 2.09. The van der Waals surface area contributed by atoms with Crippen LogP contribution in [0.3, 0.4) is 0 Å². The van der Waals surface area contributed by atoms with Gasteiger partial charge in [0.25, 0.3) is 5.91 Å².